The number of thiophene rings is 1. The van der Waals surface area contributed by atoms with E-state index in [4.69, 9.17) is 51.9 Å². The molecular formula is C101H132BrClN16O12S. The summed E-state index contributed by atoms with van der Waals surface area (Å²) in [7, 11) is 0. The molecule has 5 aliphatic rings. The Balaban J connectivity index is 0.000000189. The van der Waals surface area contributed by atoms with Gasteiger partial charge in [-0.15, -0.1) is 11.3 Å². The molecule has 0 bridgehead atoms. The molecule has 9 heterocycles. The smallest absolute Gasteiger partial charge is 0.412 e. The van der Waals surface area contributed by atoms with Gasteiger partial charge in [-0.3, -0.25) is 5.32 Å². The number of para-hydroxylation sites is 4. The minimum Gasteiger partial charge on any atom is -0.478 e. The van der Waals surface area contributed by atoms with Gasteiger partial charge in [-0.05, 0) is 267 Å². The maximum Gasteiger partial charge on any atom is 0.412 e. The molecule has 4 aromatic heterocycles. The number of benzene rings is 6. The second-order valence-electron chi connectivity index (χ2n) is 35.0. The highest BCUT2D eigenvalue weighted by Gasteiger charge is 2.28. The van der Waals surface area contributed by atoms with Crippen LogP contribution in [0.4, 0.5) is 48.5 Å². The maximum absolute atomic E-state index is 11.7. The van der Waals surface area contributed by atoms with Crippen LogP contribution in [0.25, 0.3) is 10.4 Å². The van der Waals surface area contributed by atoms with Crippen LogP contribution in [0.5, 0.6) is 0 Å². The van der Waals surface area contributed by atoms with E-state index < -0.39 is 34.8 Å². The molecule has 0 radical (unpaired) electrons. The Morgan fingerprint density at radius 3 is 1.15 bits per heavy atom. The zero-order chi connectivity index (χ0) is 95.3. The van der Waals surface area contributed by atoms with E-state index in [1.165, 1.54) is 47.5 Å². The van der Waals surface area contributed by atoms with Crippen molar-refractivity contribution in [2.75, 3.05) is 109 Å². The molecule has 5 aliphatic heterocycles. The van der Waals surface area contributed by atoms with Crippen molar-refractivity contribution in [1.29, 1.82) is 0 Å². The van der Waals surface area contributed by atoms with Crippen molar-refractivity contribution in [3.05, 3.63) is 263 Å². The number of amides is 3. The van der Waals surface area contributed by atoms with Gasteiger partial charge >= 0.3 is 36.2 Å². The Morgan fingerprint density at radius 1 is 0.462 bits per heavy atom. The number of hydrogen-bond donors (Lipinski definition) is 7. The summed E-state index contributed by atoms with van der Waals surface area (Å²) in [6.07, 6.45) is 19.8. The van der Waals surface area contributed by atoms with Crippen LogP contribution in [0.15, 0.2) is 229 Å². The molecule has 0 spiro atoms. The largest absolute Gasteiger partial charge is 0.478 e. The van der Waals surface area contributed by atoms with Crippen LogP contribution in [0.2, 0.25) is 5.28 Å². The summed E-state index contributed by atoms with van der Waals surface area (Å²) in [6, 6.07) is 62.4. The lowest BCUT2D eigenvalue weighted by molar-refractivity contribution is 0.0484. The monoisotopic (exact) mass is 1910 g/mol. The molecular weight excluding hydrogens is 1780 g/mol. The van der Waals surface area contributed by atoms with E-state index in [1.54, 1.807) is 43.6 Å². The highest BCUT2D eigenvalue weighted by Crippen LogP contribution is 2.32. The van der Waals surface area contributed by atoms with Crippen LogP contribution in [-0.4, -0.2) is 185 Å². The second-order valence-corrected chi connectivity index (χ2v) is 37.2. The number of nitrogens with zero attached hydrogens (tertiary/aromatic N) is 10. The number of nitrogens with one attached hydrogen (secondary N) is 4. The lowest BCUT2D eigenvalue weighted by Gasteiger charge is -2.34. The van der Waals surface area contributed by atoms with Crippen LogP contribution in [0.3, 0.4) is 0 Å². The molecule has 0 unspecified atom stereocenters. The molecule has 10 aromatic rings. The first-order valence-electron chi connectivity index (χ1n) is 45.2. The van der Waals surface area contributed by atoms with Crippen molar-refractivity contribution in [2.45, 2.75) is 188 Å². The lowest BCUT2D eigenvalue weighted by atomic mass is 9.93. The summed E-state index contributed by atoms with van der Waals surface area (Å²) in [5, 5.41) is 22.7. The number of anilines is 6. The summed E-state index contributed by atoms with van der Waals surface area (Å²) < 4.78 is 26.4. The normalized spacial score (nSPS) is 14.9. The number of carbonyl (C=O) groups excluding carboxylic acids is 5. The first-order valence-corrected chi connectivity index (χ1v) is 47.2. The van der Waals surface area contributed by atoms with Gasteiger partial charge < -0.3 is 75.8 Å². The quantitative estimate of drug-likeness (QED) is 0.0193. The number of halogens is 2. The van der Waals surface area contributed by atoms with Crippen LogP contribution < -0.4 is 52.3 Å². The number of aromatic nitrogens is 6. The summed E-state index contributed by atoms with van der Waals surface area (Å²) >= 11 is 10.4. The van der Waals surface area contributed by atoms with Crippen molar-refractivity contribution in [3.8, 4) is 10.4 Å². The molecule has 0 atom stereocenters. The summed E-state index contributed by atoms with van der Waals surface area (Å²) in [5.74, 6) is 0.926. The summed E-state index contributed by atoms with van der Waals surface area (Å²) in [4.78, 5) is 103. The third-order valence-electron chi connectivity index (χ3n) is 21.0. The SMILES string of the molecule is Brc1ccccc1.CC(C)(C)OC(=O)NC1CCN(c2ccccc2)CC1.CC(C)(C)OC(=O)NC1CCNCC1.CC(C)(C)OC(=O)Nc1ccc(-c2cccs2)cc1N.CCOC(=O)c1cnc(CC2CCN(c3ccccc3)CC2)nc1.CCOC(=O)c1cnc(Cl)nc1.NC1CCN(c2ccccc2)CC1.O=C(O)c1cnc(CC2CCN(c3ccccc3)CC2)nc1. The molecule has 3 amide bonds. The van der Waals surface area contributed by atoms with Crippen LogP contribution in [-0.2, 0) is 36.5 Å². The molecule has 6 aromatic carbocycles. The fourth-order valence-corrected chi connectivity index (χ4v) is 15.4. The number of alkyl carbamates (subject to hydrolysis) is 2. The number of nitrogen functional groups attached to an aromatic ring is 1. The number of nitrogens with two attached hydrogens (primary N) is 2. The van der Waals surface area contributed by atoms with Crippen molar-refractivity contribution in [1.82, 2.24) is 45.9 Å². The highest BCUT2D eigenvalue weighted by atomic mass is 79.9. The molecule has 28 nitrogen and oxygen atoms in total. The van der Waals surface area contributed by atoms with Crippen molar-refractivity contribution in [3.63, 3.8) is 0 Å². The highest BCUT2D eigenvalue weighted by molar-refractivity contribution is 9.10. The van der Waals surface area contributed by atoms with E-state index >= 15 is 0 Å². The van der Waals surface area contributed by atoms with E-state index in [2.05, 4.69) is 190 Å². The van der Waals surface area contributed by atoms with E-state index in [9.17, 15) is 28.8 Å². The van der Waals surface area contributed by atoms with Crippen molar-refractivity contribution >= 4 is 109 Å². The van der Waals surface area contributed by atoms with Gasteiger partial charge in [0.15, 0.2) is 0 Å². The van der Waals surface area contributed by atoms with Crippen molar-refractivity contribution < 1.29 is 57.6 Å². The number of ether oxygens (including phenoxy) is 5. The number of carboxylic acids is 1. The molecule has 5 saturated heterocycles. The predicted molar refractivity (Wildman–Crippen MR) is 530 cm³/mol. The first-order chi connectivity index (χ1) is 63.2. The Hall–Kier alpha value is -11.8. The summed E-state index contributed by atoms with van der Waals surface area (Å²) in [5.41, 5.74) is 18.6. The van der Waals surface area contributed by atoms with Crippen LogP contribution in [0, 0.1) is 11.8 Å². The van der Waals surface area contributed by atoms with E-state index in [-0.39, 0.29) is 41.1 Å². The maximum atomic E-state index is 11.7. The zero-order valence-corrected chi connectivity index (χ0v) is 81.1. The molecule has 132 heavy (non-hydrogen) atoms. The van der Waals surface area contributed by atoms with E-state index in [1.807, 2.05) is 140 Å². The number of esters is 2. The average Bonchev–Trinajstić information content (AvgIpc) is 1.40. The molecule has 5 fully saturated rings. The molecule has 31 heteroatoms. The molecule has 0 aliphatic carbocycles. The number of aromatic carboxylic acids is 1. The van der Waals surface area contributed by atoms with Crippen LogP contribution >= 0.6 is 38.9 Å². The van der Waals surface area contributed by atoms with Crippen molar-refractivity contribution in [2.24, 2.45) is 17.6 Å². The van der Waals surface area contributed by atoms with Gasteiger partial charge in [0.2, 0.25) is 5.28 Å². The minimum atomic E-state index is -0.984. The fourth-order valence-electron chi connectivity index (χ4n) is 14.3. The Morgan fingerprint density at radius 2 is 0.811 bits per heavy atom. The van der Waals surface area contributed by atoms with Gasteiger partial charge in [-0.25, -0.2) is 58.7 Å². The van der Waals surface area contributed by atoms with Gasteiger partial charge in [-0.1, -0.05) is 119 Å². The van der Waals surface area contributed by atoms with Gasteiger partial charge in [0.05, 0.1) is 41.3 Å². The predicted octanol–water partition coefficient (Wildman–Crippen LogP) is 19.9. The Labute approximate surface area is 795 Å². The molecule has 708 valence electrons. The topological polar surface area (TPSA) is 359 Å². The minimum absolute atomic E-state index is 0.114. The lowest BCUT2D eigenvalue weighted by Crippen LogP contribution is -2.46. The van der Waals surface area contributed by atoms with Crippen LogP contribution in [0.1, 0.15) is 183 Å². The molecule has 15 rings (SSSR count). The molecule has 9 N–H and O–H groups in total. The third-order valence-corrected chi connectivity index (χ3v) is 22.6. The van der Waals surface area contributed by atoms with Gasteiger partial charge in [0.1, 0.15) is 28.5 Å². The summed E-state index contributed by atoms with van der Waals surface area (Å²) in [6.45, 7) is 31.2. The Bertz CT molecular complexity index is 4980. The van der Waals surface area contributed by atoms with Gasteiger partial charge in [0.25, 0.3) is 0 Å². The standard InChI is InChI=1S/C19H23N3O2.C17H19N3O2.C16H24N2O2.C15H18N2O2S.C11H16N2.C10H20N2O2.C7H7ClN2O2.C6H5Br/c1-2-24-19(23)16-13-20-18(21-14-16)12-15-8-10-22(11-9-15)17-6-4-3-5-7-17;21-17(22)14-11-18-16(19-12-14)10-13-6-8-20(9-7-13)15-4-2-1-3-5-15;1-16(2,3)20-15(19)17-13-9-11-18(12-10-13)14-7-5-4-6-8-14;1-15(2,3)19-14(18)17-12-7-6-10(9-11(12)16)13-5-4-8-20-13;12-10-6-8-13(9-7-10)11-4-2-1-3-5-11;1-10(2,3)14-9(13)12-8-4-6-11-7-5-8;1-2-12-6(11)5-3-9-7(8)10-4-5;7-6-4-2-1-3-5-6/h3-7,13-15H,2,8-12H2,1H3;1-5,11-13H,6-10H2,(H,21,22);4-8,13H,9-12H2,1-3H3,(H,17,19);4-9H,16H2,1-3H3,(H,17,18);1-5,10H,6-9,12H2;8,11H,4-7H2,1-3H3,(H,12,13);3-4H,2H2,1H3;1-5H. The third kappa shape index (κ3) is 40.9. The average molecular weight is 1910 g/mol. The Kier molecular flexibility index (Phi) is 44.4. The van der Waals surface area contributed by atoms with Gasteiger partial charge in [0, 0.05) is 153 Å². The number of hydrogen-bond acceptors (Lipinski definition) is 25. The number of rotatable bonds is 17. The van der Waals surface area contributed by atoms with E-state index in [0.29, 0.717) is 53.6 Å². The van der Waals surface area contributed by atoms with E-state index in [0.717, 1.165) is 169 Å². The van der Waals surface area contributed by atoms with Gasteiger partial charge in [-0.2, -0.15) is 0 Å². The number of carboxylic acid groups (broad SMARTS) is 1. The molecule has 0 saturated carbocycles. The zero-order valence-electron chi connectivity index (χ0n) is 77.9. The second kappa shape index (κ2) is 55.5. The fraction of sp³-hybridized carbons (Fsp3) is 0.426. The number of carbonyl (C=O) groups is 6. The number of piperidine rings is 5. The first kappa shape index (κ1) is 106.